The van der Waals surface area contributed by atoms with Crippen LogP contribution in [0, 0.1) is 0 Å². The van der Waals surface area contributed by atoms with Gasteiger partial charge in [-0.2, -0.15) is 0 Å². The van der Waals surface area contributed by atoms with Gasteiger partial charge in [0.25, 0.3) is 0 Å². The monoisotopic (exact) mass is 274 g/mol. The maximum absolute atomic E-state index is 12.2. The fourth-order valence-corrected chi connectivity index (χ4v) is 3.27. The number of carbonyl (C=O) groups excluding carboxylic acids is 1. The van der Waals surface area contributed by atoms with Crippen LogP contribution >= 0.6 is 0 Å². The molecule has 1 heterocycles. The minimum Gasteiger partial charge on any atom is -0.393 e. The highest BCUT2D eigenvalue weighted by atomic mass is 16.3. The highest BCUT2D eigenvalue weighted by Crippen LogP contribution is 2.33. The van der Waals surface area contributed by atoms with Crippen LogP contribution in [0.25, 0.3) is 0 Å². The van der Waals surface area contributed by atoms with E-state index in [1.54, 1.807) is 0 Å². The van der Waals surface area contributed by atoms with E-state index in [-0.39, 0.29) is 24.0 Å². The highest BCUT2D eigenvalue weighted by Gasteiger charge is 2.26. The third kappa shape index (κ3) is 2.96. The molecule has 1 saturated carbocycles. The lowest BCUT2D eigenvalue weighted by atomic mass is 9.92. The van der Waals surface area contributed by atoms with Gasteiger partial charge in [0.1, 0.15) is 0 Å². The van der Waals surface area contributed by atoms with Crippen molar-refractivity contribution in [3.8, 4) is 0 Å². The normalized spacial score (nSPS) is 28.6. The van der Waals surface area contributed by atoms with Gasteiger partial charge in [-0.3, -0.25) is 4.79 Å². The van der Waals surface area contributed by atoms with Gasteiger partial charge in [-0.05, 0) is 37.3 Å². The molecule has 0 aromatic heterocycles. The Morgan fingerprint density at radius 3 is 2.80 bits per heavy atom. The lowest BCUT2D eigenvalue weighted by molar-refractivity contribution is -0.122. The molecule has 1 aromatic rings. The summed E-state index contributed by atoms with van der Waals surface area (Å²) in [5.41, 5.74) is 2.41. The Kier molecular flexibility index (Phi) is 3.92. The molecule has 1 aliphatic carbocycles. The van der Waals surface area contributed by atoms with Crippen LogP contribution in [0.1, 0.15) is 43.6 Å². The van der Waals surface area contributed by atoms with E-state index in [4.69, 9.17) is 0 Å². The molecular weight excluding hydrogens is 252 g/mol. The third-order valence-corrected chi connectivity index (χ3v) is 4.43. The van der Waals surface area contributed by atoms with Crippen LogP contribution in [0.5, 0.6) is 0 Å². The number of hydrogen-bond donors (Lipinski definition) is 3. The van der Waals surface area contributed by atoms with Crippen molar-refractivity contribution in [1.82, 2.24) is 5.32 Å². The summed E-state index contributed by atoms with van der Waals surface area (Å²) in [5, 5.41) is 16.0. The molecule has 20 heavy (non-hydrogen) atoms. The lowest BCUT2D eigenvalue weighted by Gasteiger charge is -2.26. The van der Waals surface area contributed by atoms with Crippen molar-refractivity contribution in [3.63, 3.8) is 0 Å². The van der Waals surface area contributed by atoms with Gasteiger partial charge in [0.2, 0.25) is 5.91 Å². The van der Waals surface area contributed by atoms with Crippen LogP contribution in [0.2, 0.25) is 0 Å². The van der Waals surface area contributed by atoms with Crippen molar-refractivity contribution in [2.75, 3.05) is 11.9 Å². The van der Waals surface area contributed by atoms with Crippen LogP contribution in [-0.4, -0.2) is 29.7 Å². The van der Waals surface area contributed by atoms with E-state index < -0.39 is 0 Å². The minimum absolute atomic E-state index is 0.134. The predicted octanol–water partition coefficient (Wildman–Crippen LogP) is 2.01. The Morgan fingerprint density at radius 1 is 1.25 bits per heavy atom. The van der Waals surface area contributed by atoms with Crippen molar-refractivity contribution in [2.24, 2.45) is 0 Å². The summed E-state index contributed by atoms with van der Waals surface area (Å²) < 4.78 is 0. The van der Waals surface area contributed by atoms with Crippen LogP contribution in [0.15, 0.2) is 24.3 Å². The number of aliphatic hydroxyl groups is 1. The molecule has 0 bridgehead atoms. The van der Waals surface area contributed by atoms with Crippen LogP contribution in [-0.2, 0) is 4.79 Å². The van der Waals surface area contributed by atoms with E-state index in [0.29, 0.717) is 6.42 Å². The van der Waals surface area contributed by atoms with Crippen molar-refractivity contribution in [3.05, 3.63) is 29.8 Å². The molecular formula is C16H22N2O2. The lowest BCUT2D eigenvalue weighted by Crippen LogP contribution is -2.39. The van der Waals surface area contributed by atoms with Crippen molar-refractivity contribution >= 4 is 11.6 Å². The second kappa shape index (κ2) is 5.83. The SMILES string of the molecule is O=C(CC1CNc2ccccc21)NC1CCC(O)CC1. The first-order chi connectivity index (χ1) is 9.72. The zero-order valence-electron chi connectivity index (χ0n) is 11.6. The van der Waals surface area contributed by atoms with Gasteiger partial charge in [0, 0.05) is 30.6 Å². The summed E-state index contributed by atoms with van der Waals surface area (Å²) in [4.78, 5) is 12.2. The molecule has 4 heteroatoms. The van der Waals surface area contributed by atoms with Crippen molar-refractivity contribution < 1.29 is 9.90 Å². The number of para-hydroxylation sites is 1. The predicted molar refractivity (Wildman–Crippen MR) is 78.7 cm³/mol. The van der Waals surface area contributed by atoms with E-state index in [1.807, 2.05) is 12.1 Å². The first kappa shape index (κ1) is 13.4. The summed E-state index contributed by atoms with van der Waals surface area (Å²) in [7, 11) is 0. The zero-order chi connectivity index (χ0) is 13.9. The number of rotatable bonds is 3. The van der Waals surface area contributed by atoms with Gasteiger partial charge in [-0.15, -0.1) is 0 Å². The molecule has 3 N–H and O–H groups in total. The fraction of sp³-hybridized carbons (Fsp3) is 0.562. The number of aliphatic hydroxyl groups excluding tert-OH is 1. The zero-order valence-corrected chi connectivity index (χ0v) is 11.6. The summed E-state index contributed by atoms with van der Waals surface area (Å²) in [6.07, 6.45) is 3.77. The van der Waals surface area contributed by atoms with E-state index in [0.717, 1.165) is 37.9 Å². The number of hydrogen-bond acceptors (Lipinski definition) is 3. The smallest absolute Gasteiger partial charge is 0.220 e. The second-order valence-electron chi connectivity index (χ2n) is 5.94. The molecule has 108 valence electrons. The molecule has 0 saturated heterocycles. The Bertz CT molecular complexity index is 481. The van der Waals surface area contributed by atoms with E-state index in [9.17, 15) is 9.90 Å². The first-order valence-electron chi connectivity index (χ1n) is 7.52. The molecule has 1 aromatic carbocycles. The third-order valence-electron chi connectivity index (χ3n) is 4.43. The Morgan fingerprint density at radius 2 is 2.00 bits per heavy atom. The van der Waals surface area contributed by atoms with Crippen LogP contribution in [0.3, 0.4) is 0 Å². The molecule has 3 rings (SSSR count). The van der Waals surface area contributed by atoms with E-state index in [2.05, 4.69) is 22.8 Å². The topological polar surface area (TPSA) is 61.4 Å². The number of fused-ring (bicyclic) bond motifs is 1. The number of nitrogens with one attached hydrogen (secondary N) is 2. The molecule has 4 nitrogen and oxygen atoms in total. The summed E-state index contributed by atoms with van der Waals surface area (Å²) in [6, 6.07) is 8.46. The number of amides is 1. The average molecular weight is 274 g/mol. The maximum atomic E-state index is 12.2. The highest BCUT2D eigenvalue weighted by molar-refractivity contribution is 5.78. The molecule has 1 aliphatic heterocycles. The van der Waals surface area contributed by atoms with Crippen LogP contribution < -0.4 is 10.6 Å². The molecule has 1 unspecified atom stereocenters. The molecule has 1 amide bonds. The van der Waals surface area contributed by atoms with Gasteiger partial charge in [-0.1, -0.05) is 18.2 Å². The Balaban J connectivity index is 1.53. The summed E-state index contributed by atoms with van der Waals surface area (Å²) in [6.45, 7) is 0.843. The van der Waals surface area contributed by atoms with Crippen LogP contribution in [0.4, 0.5) is 5.69 Å². The maximum Gasteiger partial charge on any atom is 0.220 e. The van der Waals surface area contributed by atoms with Gasteiger partial charge in [-0.25, -0.2) is 0 Å². The van der Waals surface area contributed by atoms with Crippen molar-refractivity contribution in [1.29, 1.82) is 0 Å². The largest absolute Gasteiger partial charge is 0.393 e. The van der Waals surface area contributed by atoms with Crippen molar-refractivity contribution in [2.45, 2.75) is 50.2 Å². The Hall–Kier alpha value is -1.55. The van der Waals surface area contributed by atoms with E-state index >= 15 is 0 Å². The van der Waals surface area contributed by atoms with Gasteiger partial charge in [0.05, 0.1) is 6.10 Å². The number of benzene rings is 1. The quantitative estimate of drug-likeness (QED) is 0.790. The summed E-state index contributed by atoms with van der Waals surface area (Å²) >= 11 is 0. The average Bonchev–Trinajstić information content (AvgIpc) is 2.85. The first-order valence-corrected chi connectivity index (χ1v) is 7.52. The van der Waals surface area contributed by atoms with Gasteiger partial charge >= 0.3 is 0 Å². The minimum atomic E-state index is -0.172. The van der Waals surface area contributed by atoms with Gasteiger partial charge < -0.3 is 15.7 Å². The number of carbonyl (C=O) groups is 1. The molecule has 2 aliphatic rings. The molecule has 1 fully saturated rings. The Labute approximate surface area is 119 Å². The standard InChI is InChI=1S/C16H22N2O2/c19-13-7-5-12(6-8-13)18-16(20)9-11-10-17-15-4-2-1-3-14(11)15/h1-4,11-13,17,19H,5-10H2,(H,18,20). The molecule has 1 atom stereocenters. The van der Waals surface area contributed by atoms with Gasteiger partial charge in [0.15, 0.2) is 0 Å². The molecule has 0 radical (unpaired) electrons. The fourth-order valence-electron chi connectivity index (χ4n) is 3.27. The molecule has 0 spiro atoms. The van der Waals surface area contributed by atoms with E-state index in [1.165, 1.54) is 5.56 Å². The summed E-state index contributed by atoms with van der Waals surface area (Å²) in [5.74, 6) is 0.412. The second-order valence-corrected chi connectivity index (χ2v) is 5.94. The number of anilines is 1.